The van der Waals surface area contributed by atoms with Crippen molar-refractivity contribution in [3.63, 3.8) is 0 Å². The molecule has 1 aromatic heterocycles. The van der Waals surface area contributed by atoms with Crippen molar-refractivity contribution in [3.8, 4) is 0 Å². The Kier molecular flexibility index (Phi) is 4.58. The molecule has 1 unspecified atom stereocenters. The average molecular weight is 352 g/mol. The van der Waals surface area contributed by atoms with Gasteiger partial charge in [0.2, 0.25) is 0 Å². The van der Waals surface area contributed by atoms with Crippen LogP contribution in [0.5, 0.6) is 0 Å². The minimum absolute atomic E-state index is 0.141. The van der Waals surface area contributed by atoms with Gasteiger partial charge in [-0.3, -0.25) is 5.84 Å². The van der Waals surface area contributed by atoms with Gasteiger partial charge in [0.15, 0.2) is 0 Å². The van der Waals surface area contributed by atoms with Gasteiger partial charge < -0.3 is 14.5 Å². The van der Waals surface area contributed by atoms with Gasteiger partial charge >= 0.3 is 6.09 Å². The molecule has 1 amide bonds. The molecule has 1 atom stereocenters. The number of aromatic nitrogens is 2. The highest BCUT2D eigenvalue weighted by atomic mass is 32.2. The van der Waals surface area contributed by atoms with Crippen LogP contribution in [0.1, 0.15) is 33.3 Å². The minimum atomic E-state index is -0.479. The summed E-state index contributed by atoms with van der Waals surface area (Å²) in [6.45, 7) is 10.3. The van der Waals surface area contributed by atoms with Gasteiger partial charge in [0.1, 0.15) is 22.8 Å². The fourth-order valence-electron chi connectivity index (χ4n) is 2.92. The number of fused-ring (bicyclic) bond motifs is 1. The first-order chi connectivity index (χ1) is 11.2. The minimum Gasteiger partial charge on any atom is -0.444 e. The van der Waals surface area contributed by atoms with Gasteiger partial charge in [-0.05, 0) is 39.6 Å². The number of hydrazine groups is 1. The molecule has 0 saturated carbocycles. The third-order valence-electron chi connectivity index (χ3n) is 3.95. The van der Waals surface area contributed by atoms with Gasteiger partial charge in [-0.1, -0.05) is 0 Å². The molecule has 9 heteroatoms. The maximum Gasteiger partial charge on any atom is 0.410 e. The molecule has 0 aromatic carbocycles. The van der Waals surface area contributed by atoms with E-state index in [1.807, 2.05) is 20.8 Å². The van der Waals surface area contributed by atoms with Crippen molar-refractivity contribution in [3.05, 3.63) is 11.9 Å². The van der Waals surface area contributed by atoms with E-state index in [0.717, 1.165) is 16.4 Å². The molecule has 0 spiro atoms. The topological polar surface area (TPSA) is 87.8 Å². The second-order valence-electron chi connectivity index (χ2n) is 7.12. The number of rotatable bonds is 1. The molecule has 1 aromatic rings. The van der Waals surface area contributed by atoms with E-state index in [9.17, 15) is 4.79 Å². The van der Waals surface area contributed by atoms with E-state index < -0.39 is 5.60 Å². The lowest BCUT2D eigenvalue weighted by Gasteiger charge is -2.41. The van der Waals surface area contributed by atoms with E-state index in [1.165, 1.54) is 11.9 Å². The Morgan fingerprint density at radius 1 is 1.38 bits per heavy atom. The summed E-state index contributed by atoms with van der Waals surface area (Å²) in [5.41, 5.74) is 0.579. The van der Waals surface area contributed by atoms with Crippen LogP contribution >= 0.6 is 11.9 Å². The first-order valence-electron chi connectivity index (χ1n) is 8.03. The molecule has 2 aliphatic rings. The van der Waals surface area contributed by atoms with Crippen LogP contribution in [0, 0.1) is 0 Å². The Bertz CT molecular complexity index is 635. The standard InChI is InChI=1S/C15H24N6O2S/c1-10-7-19(14(22)23-15(2,3)4)5-6-20(10)12-11-8-21(16)24-13(11)18-9-17-12/h9-10H,5-8,16H2,1-4H3. The van der Waals surface area contributed by atoms with Crippen LogP contribution in [0.2, 0.25) is 0 Å². The molecule has 1 saturated heterocycles. The summed E-state index contributed by atoms with van der Waals surface area (Å²) in [5.74, 6) is 6.79. The van der Waals surface area contributed by atoms with Gasteiger partial charge in [0.05, 0.1) is 6.54 Å². The van der Waals surface area contributed by atoms with E-state index in [2.05, 4.69) is 21.8 Å². The van der Waals surface area contributed by atoms with Gasteiger partial charge in [-0.15, -0.1) is 0 Å². The largest absolute Gasteiger partial charge is 0.444 e. The maximum atomic E-state index is 12.3. The quantitative estimate of drug-likeness (QED) is 0.463. The maximum absolute atomic E-state index is 12.3. The first-order valence-corrected chi connectivity index (χ1v) is 8.80. The van der Waals surface area contributed by atoms with Crippen LogP contribution in [0.15, 0.2) is 11.4 Å². The van der Waals surface area contributed by atoms with E-state index in [1.54, 1.807) is 15.6 Å². The Balaban J connectivity index is 1.72. The average Bonchev–Trinajstić information content (AvgIpc) is 2.85. The molecule has 2 aliphatic heterocycles. The summed E-state index contributed by atoms with van der Waals surface area (Å²) in [6.07, 6.45) is 1.32. The van der Waals surface area contributed by atoms with Crippen LogP contribution < -0.4 is 10.7 Å². The van der Waals surface area contributed by atoms with Crippen molar-refractivity contribution < 1.29 is 9.53 Å². The van der Waals surface area contributed by atoms with Gasteiger partial charge in [0, 0.05) is 31.2 Å². The fourth-order valence-corrected chi connectivity index (χ4v) is 3.69. The predicted octanol–water partition coefficient (Wildman–Crippen LogP) is 1.62. The zero-order valence-electron chi connectivity index (χ0n) is 14.5. The Morgan fingerprint density at radius 3 is 2.79 bits per heavy atom. The summed E-state index contributed by atoms with van der Waals surface area (Å²) >= 11 is 1.43. The number of ether oxygens (including phenoxy) is 1. The molecular weight excluding hydrogens is 328 g/mol. The summed E-state index contributed by atoms with van der Waals surface area (Å²) in [5, 5.41) is 0.907. The first kappa shape index (κ1) is 17.2. The number of amides is 1. The monoisotopic (exact) mass is 352 g/mol. The highest BCUT2D eigenvalue weighted by molar-refractivity contribution is 7.97. The number of hydrogen-bond acceptors (Lipinski definition) is 8. The number of anilines is 1. The molecule has 0 radical (unpaired) electrons. The van der Waals surface area contributed by atoms with Gasteiger partial charge in [0.25, 0.3) is 0 Å². The van der Waals surface area contributed by atoms with Crippen LogP contribution in [-0.2, 0) is 11.3 Å². The molecule has 0 bridgehead atoms. The smallest absolute Gasteiger partial charge is 0.410 e. The normalized spacial score (nSPS) is 21.8. The van der Waals surface area contributed by atoms with Crippen LogP contribution in [0.4, 0.5) is 10.6 Å². The van der Waals surface area contributed by atoms with Crippen molar-refractivity contribution in [2.24, 2.45) is 5.84 Å². The highest BCUT2D eigenvalue weighted by Crippen LogP contribution is 2.37. The number of nitrogens with two attached hydrogens (primary N) is 1. The summed E-state index contributed by atoms with van der Waals surface area (Å²) in [7, 11) is 0. The van der Waals surface area contributed by atoms with Crippen molar-refractivity contribution in [1.82, 2.24) is 19.3 Å². The Labute approximate surface area is 146 Å². The molecular formula is C15H24N6O2S. The van der Waals surface area contributed by atoms with E-state index in [0.29, 0.717) is 26.2 Å². The molecule has 1 fully saturated rings. The molecule has 2 N–H and O–H groups in total. The zero-order valence-corrected chi connectivity index (χ0v) is 15.3. The van der Waals surface area contributed by atoms with Crippen molar-refractivity contribution in [2.45, 2.75) is 50.9 Å². The number of piperazine rings is 1. The zero-order chi connectivity index (χ0) is 17.5. The van der Waals surface area contributed by atoms with Crippen LogP contribution in [0.3, 0.4) is 0 Å². The summed E-state index contributed by atoms with van der Waals surface area (Å²) < 4.78 is 7.13. The molecule has 8 nitrogen and oxygen atoms in total. The third kappa shape index (κ3) is 3.57. The second-order valence-corrected chi connectivity index (χ2v) is 8.15. The van der Waals surface area contributed by atoms with Gasteiger partial charge in [-0.2, -0.15) is 4.41 Å². The van der Waals surface area contributed by atoms with Crippen LogP contribution in [0.25, 0.3) is 0 Å². The van der Waals surface area contributed by atoms with Gasteiger partial charge in [-0.25, -0.2) is 14.8 Å². The molecule has 3 rings (SSSR count). The second kappa shape index (κ2) is 6.38. The number of hydrogen-bond donors (Lipinski definition) is 1. The van der Waals surface area contributed by atoms with Crippen molar-refractivity contribution in [1.29, 1.82) is 0 Å². The fraction of sp³-hybridized carbons (Fsp3) is 0.667. The predicted molar refractivity (Wildman–Crippen MR) is 92.2 cm³/mol. The third-order valence-corrected chi connectivity index (χ3v) is 4.84. The SMILES string of the molecule is CC1CN(C(=O)OC(C)(C)C)CCN1c1ncnc2c1CN(N)S2. The summed E-state index contributed by atoms with van der Waals surface area (Å²) in [6, 6.07) is 0.141. The Hall–Kier alpha value is -1.58. The van der Waals surface area contributed by atoms with Crippen molar-refractivity contribution in [2.75, 3.05) is 24.5 Å². The Morgan fingerprint density at radius 2 is 2.12 bits per heavy atom. The van der Waals surface area contributed by atoms with Crippen LogP contribution in [-0.4, -0.2) is 56.7 Å². The van der Waals surface area contributed by atoms with E-state index in [4.69, 9.17) is 10.6 Å². The van der Waals surface area contributed by atoms with Crippen molar-refractivity contribution >= 4 is 23.9 Å². The molecule has 24 heavy (non-hydrogen) atoms. The lowest BCUT2D eigenvalue weighted by Crippen LogP contribution is -2.55. The number of carbonyl (C=O) groups excluding carboxylic acids is 1. The summed E-state index contributed by atoms with van der Waals surface area (Å²) in [4.78, 5) is 25.0. The number of carbonyl (C=O) groups is 1. The molecule has 0 aliphatic carbocycles. The van der Waals surface area contributed by atoms with E-state index >= 15 is 0 Å². The lowest BCUT2D eigenvalue weighted by molar-refractivity contribution is 0.0218. The molecule has 3 heterocycles. The van der Waals surface area contributed by atoms with E-state index in [-0.39, 0.29) is 12.1 Å². The lowest BCUT2D eigenvalue weighted by atomic mass is 10.1. The number of nitrogens with zero attached hydrogens (tertiary/aromatic N) is 5. The molecule has 132 valence electrons. The highest BCUT2D eigenvalue weighted by Gasteiger charge is 2.33.